The van der Waals surface area contributed by atoms with E-state index in [0.29, 0.717) is 24.0 Å². The molecule has 6 heteroatoms. The number of likely N-dealkylation sites (N-methyl/N-ethyl adjacent to an activating group) is 1. The van der Waals surface area contributed by atoms with Crippen LogP contribution in [-0.4, -0.2) is 34.2 Å². The largest absolute Gasteiger partial charge is 0.497 e. The maximum atomic E-state index is 12.8. The van der Waals surface area contributed by atoms with Crippen LogP contribution in [-0.2, 0) is 17.9 Å². The molecule has 0 aliphatic rings. The molecule has 0 N–H and O–H groups in total. The normalized spacial score (nSPS) is 10.7. The van der Waals surface area contributed by atoms with E-state index in [0.717, 1.165) is 11.3 Å². The van der Waals surface area contributed by atoms with Crippen LogP contribution in [0.25, 0.3) is 10.9 Å². The number of fused-ring (bicyclic) bond motifs is 1. The van der Waals surface area contributed by atoms with Crippen LogP contribution in [0.15, 0.2) is 59.5 Å². The van der Waals surface area contributed by atoms with E-state index in [2.05, 4.69) is 5.10 Å². The Morgan fingerprint density at radius 1 is 1.15 bits per heavy atom. The molecule has 0 saturated heterocycles. The van der Waals surface area contributed by atoms with E-state index in [-0.39, 0.29) is 17.9 Å². The Bertz CT molecular complexity index is 964. The number of hydrogen-bond donors (Lipinski definition) is 0. The minimum absolute atomic E-state index is 0.0513. The molecule has 1 amide bonds. The molecule has 0 unspecified atom stereocenters. The Morgan fingerprint density at radius 2 is 1.88 bits per heavy atom. The van der Waals surface area contributed by atoms with Crippen LogP contribution in [0.2, 0.25) is 0 Å². The second-order valence-corrected chi connectivity index (χ2v) is 5.94. The molecule has 1 heterocycles. The average Bonchev–Trinajstić information content (AvgIpc) is 2.69. The summed E-state index contributed by atoms with van der Waals surface area (Å²) in [6.45, 7) is 3.13. The van der Waals surface area contributed by atoms with Crippen LogP contribution in [0.5, 0.6) is 5.75 Å². The standard InChI is InChI=1S/C20H21N3O3/c1-3-22(13-15-8-10-16(26-2)11-9-15)20(25)14-23-18-7-5-4-6-17(18)19(24)12-21-23/h4-12H,3,13-14H2,1-2H3. The summed E-state index contributed by atoms with van der Waals surface area (Å²) in [6, 6.07) is 14.8. The highest BCUT2D eigenvalue weighted by molar-refractivity contribution is 5.81. The molecule has 3 aromatic rings. The quantitative estimate of drug-likeness (QED) is 0.684. The van der Waals surface area contributed by atoms with Crippen molar-refractivity contribution in [2.45, 2.75) is 20.0 Å². The molecule has 6 nitrogen and oxygen atoms in total. The van der Waals surface area contributed by atoms with E-state index < -0.39 is 0 Å². The lowest BCUT2D eigenvalue weighted by Crippen LogP contribution is -2.34. The molecule has 2 aromatic carbocycles. The van der Waals surface area contributed by atoms with Gasteiger partial charge in [-0.15, -0.1) is 0 Å². The highest BCUT2D eigenvalue weighted by atomic mass is 16.5. The van der Waals surface area contributed by atoms with Crippen molar-refractivity contribution in [2.24, 2.45) is 0 Å². The molecule has 0 aliphatic heterocycles. The third-order valence-corrected chi connectivity index (χ3v) is 4.31. The molecule has 0 radical (unpaired) electrons. The van der Waals surface area contributed by atoms with Crippen molar-refractivity contribution in [3.63, 3.8) is 0 Å². The monoisotopic (exact) mass is 351 g/mol. The van der Waals surface area contributed by atoms with Gasteiger partial charge >= 0.3 is 0 Å². The summed E-state index contributed by atoms with van der Waals surface area (Å²) in [6.07, 6.45) is 1.26. The molecule has 134 valence electrons. The molecule has 0 bridgehead atoms. The second kappa shape index (κ2) is 7.82. The van der Waals surface area contributed by atoms with Crippen LogP contribution < -0.4 is 10.2 Å². The number of carbonyl (C=O) groups is 1. The van der Waals surface area contributed by atoms with Gasteiger partial charge in [-0.1, -0.05) is 24.3 Å². The summed E-state index contributed by atoms with van der Waals surface area (Å²) in [5.41, 5.74) is 1.54. The van der Waals surface area contributed by atoms with Crippen molar-refractivity contribution in [3.8, 4) is 5.75 Å². The van der Waals surface area contributed by atoms with Gasteiger partial charge in [-0.3, -0.25) is 14.3 Å². The molecule has 0 aliphatic carbocycles. The molecule has 1 aromatic heterocycles. The highest BCUT2D eigenvalue weighted by Gasteiger charge is 2.15. The van der Waals surface area contributed by atoms with E-state index in [9.17, 15) is 9.59 Å². The average molecular weight is 351 g/mol. The Morgan fingerprint density at radius 3 is 2.58 bits per heavy atom. The van der Waals surface area contributed by atoms with Gasteiger partial charge in [0.2, 0.25) is 11.3 Å². The van der Waals surface area contributed by atoms with Crippen molar-refractivity contribution in [2.75, 3.05) is 13.7 Å². The summed E-state index contributed by atoms with van der Waals surface area (Å²) in [5, 5.41) is 4.70. The summed E-state index contributed by atoms with van der Waals surface area (Å²) >= 11 is 0. The first-order chi connectivity index (χ1) is 12.6. The maximum absolute atomic E-state index is 12.8. The molecular formula is C20H21N3O3. The zero-order chi connectivity index (χ0) is 18.5. The van der Waals surface area contributed by atoms with Gasteiger partial charge in [0.05, 0.1) is 18.8 Å². The maximum Gasteiger partial charge on any atom is 0.244 e. The summed E-state index contributed by atoms with van der Waals surface area (Å²) in [7, 11) is 1.62. The number of benzene rings is 2. The van der Waals surface area contributed by atoms with Gasteiger partial charge in [-0.25, -0.2) is 0 Å². The summed E-state index contributed by atoms with van der Waals surface area (Å²) in [4.78, 5) is 26.4. The fraction of sp³-hybridized carbons (Fsp3) is 0.250. The summed E-state index contributed by atoms with van der Waals surface area (Å²) < 4.78 is 6.74. The smallest absolute Gasteiger partial charge is 0.244 e. The fourth-order valence-corrected chi connectivity index (χ4v) is 2.84. The predicted octanol–water partition coefficient (Wildman–Crippen LogP) is 2.45. The first-order valence-corrected chi connectivity index (χ1v) is 8.48. The van der Waals surface area contributed by atoms with Crippen molar-refractivity contribution < 1.29 is 9.53 Å². The van der Waals surface area contributed by atoms with Gasteiger partial charge < -0.3 is 9.64 Å². The van der Waals surface area contributed by atoms with Crippen molar-refractivity contribution >= 4 is 16.8 Å². The van der Waals surface area contributed by atoms with Crippen LogP contribution in [0.4, 0.5) is 0 Å². The first kappa shape index (κ1) is 17.7. The number of amides is 1. The Labute approximate surface area is 151 Å². The Hall–Kier alpha value is -3.15. The van der Waals surface area contributed by atoms with Crippen LogP contribution in [0, 0.1) is 0 Å². The number of nitrogens with zero attached hydrogens (tertiary/aromatic N) is 3. The molecule has 26 heavy (non-hydrogen) atoms. The highest BCUT2D eigenvalue weighted by Crippen LogP contribution is 2.14. The van der Waals surface area contributed by atoms with E-state index in [1.165, 1.54) is 6.20 Å². The van der Waals surface area contributed by atoms with Gasteiger partial charge in [0.25, 0.3) is 0 Å². The van der Waals surface area contributed by atoms with Crippen molar-refractivity contribution in [1.29, 1.82) is 0 Å². The van der Waals surface area contributed by atoms with E-state index >= 15 is 0 Å². The Balaban J connectivity index is 1.79. The Kier molecular flexibility index (Phi) is 5.31. The van der Waals surface area contributed by atoms with Gasteiger partial charge in [-0.2, -0.15) is 5.10 Å². The number of rotatable bonds is 6. The third-order valence-electron chi connectivity index (χ3n) is 4.31. The number of hydrogen-bond acceptors (Lipinski definition) is 4. The zero-order valence-electron chi connectivity index (χ0n) is 14.9. The van der Waals surface area contributed by atoms with Gasteiger partial charge in [-0.05, 0) is 36.8 Å². The van der Waals surface area contributed by atoms with Crippen molar-refractivity contribution in [3.05, 3.63) is 70.5 Å². The minimum Gasteiger partial charge on any atom is -0.497 e. The molecule has 0 spiro atoms. The van der Waals surface area contributed by atoms with Gasteiger partial charge in [0, 0.05) is 18.5 Å². The lowest BCUT2D eigenvalue weighted by atomic mass is 10.2. The lowest BCUT2D eigenvalue weighted by Gasteiger charge is -2.22. The topological polar surface area (TPSA) is 64.4 Å². The van der Waals surface area contributed by atoms with E-state index in [4.69, 9.17) is 4.74 Å². The summed E-state index contributed by atoms with van der Waals surface area (Å²) in [5.74, 6) is 0.733. The molecule has 3 rings (SSSR count). The minimum atomic E-state index is -0.144. The lowest BCUT2D eigenvalue weighted by molar-refractivity contribution is -0.132. The van der Waals surface area contributed by atoms with Crippen LogP contribution in [0.3, 0.4) is 0 Å². The zero-order valence-corrected chi connectivity index (χ0v) is 14.9. The number of para-hydroxylation sites is 1. The third kappa shape index (κ3) is 3.74. The SMILES string of the molecule is CCN(Cc1ccc(OC)cc1)C(=O)Cn1ncc(=O)c2ccccc21. The number of ether oxygens (including phenoxy) is 1. The van der Waals surface area contributed by atoms with Crippen LogP contribution in [0.1, 0.15) is 12.5 Å². The molecular weight excluding hydrogens is 330 g/mol. The molecule has 0 saturated carbocycles. The van der Waals surface area contributed by atoms with Gasteiger partial charge in [0.1, 0.15) is 12.3 Å². The number of carbonyl (C=O) groups excluding carboxylic acids is 1. The fourth-order valence-electron chi connectivity index (χ4n) is 2.84. The van der Waals surface area contributed by atoms with E-state index in [1.54, 1.807) is 34.9 Å². The van der Waals surface area contributed by atoms with Gasteiger partial charge in [0.15, 0.2) is 0 Å². The second-order valence-electron chi connectivity index (χ2n) is 5.94. The van der Waals surface area contributed by atoms with Crippen LogP contribution >= 0.6 is 0 Å². The first-order valence-electron chi connectivity index (χ1n) is 8.48. The predicted molar refractivity (Wildman–Crippen MR) is 100 cm³/mol. The number of aromatic nitrogens is 2. The van der Waals surface area contributed by atoms with E-state index in [1.807, 2.05) is 37.3 Å². The molecule has 0 atom stereocenters. The van der Waals surface area contributed by atoms with Crippen molar-refractivity contribution in [1.82, 2.24) is 14.7 Å². The molecule has 0 fully saturated rings. The number of methoxy groups -OCH3 is 1.